The average molecular weight is 253 g/mol. The maximum absolute atomic E-state index is 10.9. The first-order valence-corrected chi connectivity index (χ1v) is 5.81. The number of nitrogens with zero attached hydrogens (tertiary/aromatic N) is 3. The van der Waals surface area contributed by atoms with Crippen molar-refractivity contribution >= 4 is 11.6 Å². The average Bonchev–Trinajstić information content (AvgIpc) is 2.82. The molecule has 5 heteroatoms. The molecule has 94 valence electrons. The summed E-state index contributed by atoms with van der Waals surface area (Å²) in [5.74, 6) is -1.05. The maximum Gasteiger partial charge on any atom is 0.356 e. The predicted octanol–water partition coefficient (Wildman–Crippen LogP) is 2.40. The van der Waals surface area contributed by atoms with Crippen molar-refractivity contribution in [2.45, 2.75) is 6.92 Å². The number of carboxylic acid groups (broad SMARTS) is 1. The van der Waals surface area contributed by atoms with Gasteiger partial charge in [0.2, 0.25) is 0 Å². The van der Waals surface area contributed by atoms with Crippen LogP contribution in [0.3, 0.4) is 0 Å². The molecule has 2 heterocycles. The highest BCUT2D eigenvalue weighted by molar-refractivity contribution is 5.86. The fourth-order valence-corrected chi connectivity index (χ4v) is 1.99. The van der Waals surface area contributed by atoms with Crippen LogP contribution >= 0.6 is 0 Å². The molecular weight excluding hydrogens is 242 g/mol. The van der Waals surface area contributed by atoms with Crippen molar-refractivity contribution in [2.24, 2.45) is 0 Å². The predicted molar refractivity (Wildman–Crippen MR) is 70.1 cm³/mol. The molecule has 19 heavy (non-hydrogen) atoms. The Bertz CT molecular complexity index is 777. The normalized spacial score (nSPS) is 10.8. The summed E-state index contributed by atoms with van der Waals surface area (Å²) in [6, 6.07) is 11.5. The van der Waals surface area contributed by atoms with E-state index in [9.17, 15) is 4.79 Å². The Morgan fingerprint density at radius 3 is 2.74 bits per heavy atom. The number of rotatable bonds is 2. The van der Waals surface area contributed by atoms with Crippen LogP contribution in [0.2, 0.25) is 0 Å². The monoisotopic (exact) mass is 253 g/mol. The van der Waals surface area contributed by atoms with E-state index in [2.05, 4.69) is 10.1 Å². The van der Waals surface area contributed by atoms with E-state index in [1.54, 1.807) is 6.07 Å². The Morgan fingerprint density at radius 1 is 1.21 bits per heavy atom. The Balaban J connectivity index is 2.16. The van der Waals surface area contributed by atoms with Crippen LogP contribution in [0.15, 0.2) is 42.6 Å². The summed E-state index contributed by atoms with van der Waals surface area (Å²) in [6.45, 7) is 2.01. The van der Waals surface area contributed by atoms with Gasteiger partial charge in [-0.05, 0) is 24.6 Å². The molecule has 0 aliphatic carbocycles. The van der Waals surface area contributed by atoms with E-state index in [4.69, 9.17) is 5.11 Å². The van der Waals surface area contributed by atoms with Crippen molar-refractivity contribution in [2.75, 3.05) is 0 Å². The topological polar surface area (TPSA) is 67.5 Å². The first kappa shape index (κ1) is 11.4. The number of aromatic nitrogens is 3. The number of benzene rings is 1. The lowest BCUT2D eigenvalue weighted by Crippen LogP contribution is -1.95. The largest absolute Gasteiger partial charge is 0.476 e. The van der Waals surface area contributed by atoms with Gasteiger partial charge in [0.25, 0.3) is 0 Å². The molecule has 1 N–H and O–H groups in total. The molecule has 5 nitrogen and oxygen atoms in total. The first-order valence-electron chi connectivity index (χ1n) is 5.81. The first-order chi connectivity index (χ1) is 9.15. The summed E-state index contributed by atoms with van der Waals surface area (Å²) in [4.78, 5) is 14.8. The van der Waals surface area contributed by atoms with Crippen molar-refractivity contribution in [3.8, 4) is 11.3 Å². The van der Waals surface area contributed by atoms with E-state index >= 15 is 0 Å². The molecule has 0 amide bonds. The third kappa shape index (κ3) is 1.95. The minimum atomic E-state index is -1.05. The molecule has 0 fully saturated rings. The third-order valence-electron chi connectivity index (χ3n) is 2.96. The Kier molecular flexibility index (Phi) is 2.52. The van der Waals surface area contributed by atoms with Crippen molar-refractivity contribution in [1.29, 1.82) is 0 Å². The molecule has 1 aromatic carbocycles. The number of carbonyl (C=O) groups is 1. The molecule has 0 atom stereocenters. The van der Waals surface area contributed by atoms with E-state index in [0.29, 0.717) is 5.65 Å². The zero-order valence-electron chi connectivity index (χ0n) is 10.2. The van der Waals surface area contributed by atoms with Crippen molar-refractivity contribution in [1.82, 2.24) is 14.6 Å². The summed E-state index contributed by atoms with van der Waals surface area (Å²) in [5, 5.41) is 13.3. The van der Waals surface area contributed by atoms with Gasteiger partial charge in [-0.2, -0.15) is 5.10 Å². The number of hydrogen-bond acceptors (Lipinski definition) is 3. The molecule has 0 aliphatic heterocycles. The van der Waals surface area contributed by atoms with Gasteiger partial charge >= 0.3 is 5.97 Å². The van der Waals surface area contributed by atoms with Gasteiger partial charge in [0.05, 0.1) is 11.9 Å². The molecule has 0 aliphatic rings. The minimum absolute atomic E-state index is 0.00515. The van der Waals surface area contributed by atoms with E-state index < -0.39 is 5.97 Å². The fourth-order valence-electron chi connectivity index (χ4n) is 1.99. The zero-order chi connectivity index (χ0) is 13.4. The van der Waals surface area contributed by atoms with Crippen molar-refractivity contribution in [3.63, 3.8) is 0 Å². The molecule has 3 aromatic rings. The highest BCUT2D eigenvalue weighted by Gasteiger charge is 2.10. The second-order valence-electron chi connectivity index (χ2n) is 4.27. The Morgan fingerprint density at radius 2 is 2.00 bits per heavy atom. The molecule has 3 rings (SSSR count). The van der Waals surface area contributed by atoms with E-state index in [0.717, 1.165) is 16.8 Å². The van der Waals surface area contributed by atoms with Crippen LogP contribution in [0.5, 0.6) is 0 Å². The summed E-state index contributed by atoms with van der Waals surface area (Å²) in [6.07, 6.45) is 1.42. The van der Waals surface area contributed by atoms with E-state index in [1.165, 1.54) is 10.7 Å². The van der Waals surface area contributed by atoms with Gasteiger partial charge in [0, 0.05) is 5.56 Å². The molecule has 0 spiro atoms. The number of aromatic carboxylic acids is 1. The van der Waals surface area contributed by atoms with Gasteiger partial charge in [-0.15, -0.1) is 0 Å². The smallest absolute Gasteiger partial charge is 0.356 e. The Labute approximate surface area is 109 Å². The Hall–Kier alpha value is -2.69. The summed E-state index contributed by atoms with van der Waals surface area (Å²) in [7, 11) is 0. The zero-order valence-corrected chi connectivity index (χ0v) is 10.2. The molecule has 0 unspecified atom stereocenters. The lowest BCUT2D eigenvalue weighted by molar-refractivity contribution is 0.0691. The number of fused-ring (bicyclic) bond motifs is 1. The summed E-state index contributed by atoms with van der Waals surface area (Å²) >= 11 is 0. The van der Waals surface area contributed by atoms with Gasteiger partial charge in [-0.3, -0.25) is 0 Å². The van der Waals surface area contributed by atoms with E-state index in [-0.39, 0.29) is 5.69 Å². The van der Waals surface area contributed by atoms with Crippen LogP contribution < -0.4 is 0 Å². The molecule has 2 aromatic heterocycles. The number of aryl methyl sites for hydroxylation is 1. The van der Waals surface area contributed by atoms with Crippen LogP contribution in [0, 0.1) is 6.92 Å². The number of hydrogen-bond donors (Lipinski definition) is 1. The third-order valence-corrected chi connectivity index (χ3v) is 2.96. The van der Waals surface area contributed by atoms with Crippen molar-refractivity contribution < 1.29 is 9.90 Å². The van der Waals surface area contributed by atoms with Crippen LogP contribution in [0.25, 0.3) is 16.9 Å². The summed E-state index contributed by atoms with van der Waals surface area (Å²) in [5.41, 5.74) is 3.45. The minimum Gasteiger partial charge on any atom is -0.476 e. The number of imidazole rings is 1. The number of carboxylic acids is 1. The van der Waals surface area contributed by atoms with Crippen LogP contribution in [-0.4, -0.2) is 25.7 Å². The summed E-state index contributed by atoms with van der Waals surface area (Å²) < 4.78 is 1.49. The molecular formula is C14H11N3O2. The fraction of sp³-hybridized carbons (Fsp3) is 0.0714. The van der Waals surface area contributed by atoms with Gasteiger partial charge < -0.3 is 5.11 Å². The second-order valence-corrected chi connectivity index (χ2v) is 4.27. The second kappa shape index (κ2) is 4.20. The van der Waals surface area contributed by atoms with Crippen LogP contribution in [0.4, 0.5) is 0 Å². The molecule has 0 saturated carbocycles. The standard InChI is InChI=1S/C14H11N3O2/c1-9-4-2-3-5-10(9)11-6-7-13-15-12(14(18)19)8-17(13)16-11/h2-8H,1H3,(H,18,19). The lowest BCUT2D eigenvalue weighted by atomic mass is 10.1. The molecule has 0 radical (unpaired) electrons. The van der Waals surface area contributed by atoms with Crippen molar-refractivity contribution in [3.05, 3.63) is 53.9 Å². The van der Waals surface area contributed by atoms with Gasteiger partial charge in [0.1, 0.15) is 0 Å². The highest BCUT2D eigenvalue weighted by atomic mass is 16.4. The quantitative estimate of drug-likeness (QED) is 0.761. The van der Waals surface area contributed by atoms with Gasteiger partial charge in [0.15, 0.2) is 11.3 Å². The van der Waals surface area contributed by atoms with E-state index in [1.807, 2.05) is 37.3 Å². The van der Waals surface area contributed by atoms with Crippen LogP contribution in [-0.2, 0) is 0 Å². The SMILES string of the molecule is Cc1ccccc1-c1ccc2nc(C(=O)O)cn2n1. The molecule has 0 saturated heterocycles. The van der Waals surface area contributed by atoms with Gasteiger partial charge in [-0.25, -0.2) is 14.3 Å². The van der Waals surface area contributed by atoms with Gasteiger partial charge in [-0.1, -0.05) is 24.3 Å². The highest BCUT2D eigenvalue weighted by Crippen LogP contribution is 2.21. The lowest BCUT2D eigenvalue weighted by Gasteiger charge is -2.04. The molecule has 0 bridgehead atoms. The van der Waals surface area contributed by atoms with Crippen LogP contribution in [0.1, 0.15) is 16.1 Å². The maximum atomic E-state index is 10.9.